The highest BCUT2D eigenvalue weighted by Crippen LogP contribution is 2.38. The van der Waals surface area contributed by atoms with Crippen LogP contribution in [0.2, 0.25) is 0 Å². The highest BCUT2D eigenvalue weighted by molar-refractivity contribution is 7.89. The Morgan fingerprint density at radius 1 is 0.960 bits per heavy atom. The number of carbonyl (C=O) groups excluding carboxylic acids is 1. The maximum atomic E-state index is 12.4. The van der Waals surface area contributed by atoms with Gasteiger partial charge in [0.2, 0.25) is 15.8 Å². The van der Waals surface area contributed by atoms with Crippen LogP contribution in [0.4, 0.5) is 5.69 Å². The van der Waals surface area contributed by atoms with E-state index in [2.05, 4.69) is 5.32 Å². The van der Waals surface area contributed by atoms with Gasteiger partial charge in [-0.3, -0.25) is 4.79 Å². The SMILES string of the molecule is COc1cc(C(=O)Nc2ccc(S(N)(=O)=O)cc2)cc(OC)c1OC. The first-order valence-corrected chi connectivity index (χ1v) is 8.59. The topological polar surface area (TPSA) is 117 Å². The van der Waals surface area contributed by atoms with Crippen LogP contribution in [-0.2, 0) is 10.0 Å². The maximum Gasteiger partial charge on any atom is 0.255 e. The summed E-state index contributed by atoms with van der Waals surface area (Å²) in [5.74, 6) is 0.634. The van der Waals surface area contributed by atoms with Gasteiger partial charge in [0.05, 0.1) is 26.2 Å². The second-order valence-electron chi connectivity index (χ2n) is 4.94. The van der Waals surface area contributed by atoms with Gasteiger partial charge in [-0.1, -0.05) is 0 Å². The van der Waals surface area contributed by atoms with Crippen LogP contribution in [0, 0.1) is 0 Å². The summed E-state index contributed by atoms with van der Waals surface area (Å²) in [5.41, 5.74) is 0.691. The van der Waals surface area contributed by atoms with Crippen molar-refractivity contribution >= 4 is 21.6 Å². The second-order valence-corrected chi connectivity index (χ2v) is 6.50. The third-order valence-corrected chi connectivity index (χ3v) is 4.30. The van der Waals surface area contributed by atoms with Gasteiger partial charge in [0.25, 0.3) is 5.91 Å². The number of nitrogens with two attached hydrogens (primary N) is 1. The molecule has 0 saturated carbocycles. The fourth-order valence-electron chi connectivity index (χ4n) is 2.14. The van der Waals surface area contributed by atoms with Crippen LogP contribution in [0.1, 0.15) is 10.4 Å². The van der Waals surface area contributed by atoms with Crippen molar-refractivity contribution in [2.75, 3.05) is 26.6 Å². The summed E-state index contributed by atoms with van der Waals surface area (Å²) in [4.78, 5) is 12.4. The van der Waals surface area contributed by atoms with E-state index in [1.165, 1.54) is 57.7 Å². The monoisotopic (exact) mass is 366 g/mol. The van der Waals surface area contributed by atoms with Crippen LogP contribution in [0.5, 0.6) is 17.2 Å². The Labute approximate surface area is 145 Å². The van der Waals surface area contributed by atoms with Crippen molar-refractivity contribution in [3.8, 4) is 17.2 Å². The first kappa shape index (κ1) is 18.6. The molecule has 0 aliphatic rings. The molecule has 1 amide bonds. The Kier molecular flexibility index (Phi) is 5.50. The van der Waals surface area contributed by atoms with Gasteiger partial charge >= 0.3 is 0 Å². The number of hydrogen-bond acceptors (Lipinski definition) is 6. The van der Waals surface area contributed by atoms with Gasteiger partial charge in [-0.15, -0.1) is 0 Å². The number of sulfonamides is 1. The molecule has 0 radical (unpaired) electrons. The van der Waals surface area contributed by atoms with Crippen LogP contribution in [0.15, 0.2) is 41.3 Å². The van der Waals surface area contributed by atoms with Gasteiger partial charge in [-0.2, -0.15) is 0 Å². The molecule has 2 rings (SSSR count). The lowest BCUT2D eigenvalue weighted by Crippen LogP contribution is -2.14. The smallest absolute Gasteiger partial charge is 0.255 e. The largest absolute Gasteiger partial charge is 0.493 e. The summed E-state index contributed by atoms with van der Waals surface area (Å²) in [6.45, 7) is 0. The molecule has 0 atom stereocenters. The van der Waals surface area contributed by atoms with Gasteiger partial charge in [-0.25, -0.2) is 13.6 Å². The van der Waals surface area contributed by atoms with E-state index >= 15 is 0 Å². The van der Waals surface area contributed by atoms with Crippen molar-refractivity contribution in [3.05, 3.63) is 42.0 Å². The molecule has 0 aromatic heterocycles. The quantitative estimate of drug-likeness (QED) is 0.802. The second kappa shape index (κ2) is 7.41. The summed E-state index contributed by atoms with van der Waals surface area (Å²) in [6.07, 6.45) is 0. The molecule has 3 N–H and O–H groups in total. The summed E-state index contributed by atoms with van der Waals surface area (Å²) in [6, 6.07) is 8.51. The van der Waals surface area contributed by atoms with Crippen LogP contribution in [0.3, 0.4) is 0 Å². The Balaban J connectivity index is 2.29. The summed E-state index contributed by atoms with van der Waals surface area (Å²) in [5, 5.41) is 7.69. The van der Waals surface area contributed by atoms with E-state index in [1.807, 2.05) is 0 Å². The van der Waals surface area contributed by atoms with Crippen molar-refractivity contribution < 1.29 is 27.4 Å². The third-order valence-electron chi connectivity index (χ3n) is 3.37. The molecule has 8 nitrogen and oxygen atoms in total. The average Bonchev–Trinajstić information content (AvgIpc) is 2.59. The predicted octanol–water partition coefficient (Wildman–Crippen LogP) is 1.61. The molecule has 0 fully saturated rings. The average molecular weight is 366 g/mol. The van der Waals surface area contributed by atoms with Crippen molar-refractivity contribution in [1.82, 2.24) is 0 Å². The minimum absolute atomic E-state index is 0.0433. The Morgan fingerprint density at radius 3 is 1.88 bits per heavy atom. The van der Waals surface area contributed by atoms with E-state index < -0.39 is 15.9 Å². The molecule has 0 bridgehead atoms. The number of benzene rings is 2. The highest BCUT2D eigenvalue weighted by atomic mass is 32.2. The number of nitrogens with one attached hydrogen (secondary N) is 1. The molecule has 9 heteroatoms. The van der Waals surface area contributed by atoms with E-state index in [1.54, 1.807) is 0 Å². The third kappa shape index (κ3) is 4.20. The number of rotatable bonds is 6. The Morgan fingerprint density at radius 2 is 1.48 bits per heavy atom. The van der Waals surface area contributed by atoms with E-state index in [0.717, 1.165) is 0 Å². The molecular weight excluding hydrogens is 348 g/mol. The van der Waals surface area contributed by atoms with E-state index in [4.69, 9.17) is 19.3 Å². The molecule has 0 saturated heterocycles. The van der Waals surface area contributed by atoms with E-state index in [-0.39, 0.29) is 10.5 Å². The van der Waals surface area contributed by atoms with Crippen LogP contribution in [-0.4, -0.2) is 35.7 Å². The minimum atomic E-state index is -3.79. The molecule has 134 valence electrons. The first-order chi connectivity index (χ1) is 11.8. The normalized spacial score (nSPS) is 10.9. The molecule has 0 heterocycles. The Bertz CT molecular complexity index is 853. The van der Waals surface area contributed by atoms with Crippen molar-refractivity contribution in [3.63, 3.8) is 0 Å². The zero-order chi connectivity index (χ0) is 18.6. The maximum absolute atomic E-state index is 12.4. The van der Waals surface area contributed by atoms with E-state index in [9.17, 15) is 13.2 Å². The lowest BCUT2D eigenvalue weighted by molar-refractivity contribution is 0.102. The van der Waals surface area contributed by atoms with Gasteiger partial charge in [-0.05, 0) is 36.4 Å². The number of amides is 1. The zero-order valence-corrected chi connectivity index (χ0v) is 14.7. The summed E-state index contributed by atoms with van der Waals surface area (Å²) in [7, 11) is 0.579. The molecule has 25 heavy (non-hydrogen) atoms. The van der Waals surface area contributed by atoms with Gasteiger partial charge < -0.3 is 19.5 Å². The van der Waals surface area contributed by atoms with Gasteiger partial charge in [0.15, 0.2) is 11.5 Å². The highest BCUT2D eigenvalue weighted by Gasteiger charge is 2.17. The van der Waals surface area contributed by atoms with E-state index in [0.29, 0.717) is 22.9 Å². The first-order valence-electron chi connectivity index (χ1n) is 7.04. The van der Waals surface area contributed by atoms with Crippen molar-refractivity contribution in [2.24, 2.45) is 5.14 Å². The molecule has 0 unspecified atom stereocenters. The lowest BCUT2D eigenvalue weighted by atomic mass is 10.1. The molecule has 2 aromatic rings. The number of anilines is 1. The minimum Gasteiger partial charge on any atom is -0.493 e. The van der Waals surface area contributed by atoms with Crippen LogP contribution in [0.25, 0.3) is 0 Å². The molecular formula is C16H18N2O6S. The van der Waals surface area contributed by atoms with Crippen molar-refractivity contribution in [2.45, 2.75) is 4.90 Å². The van der Waals surface area contributed by atoms with Gasteiger partial charge in [0, 0.05) is 11.3 Å². The predicted molar refractivity (Wildman–Crippen MR) is 91.9 cm³/mol. The molecule has 0 aliphatic heterocycles. The number of ether oxygens (including phenoxy) is 3. The molecule has 0 spiro atoms. The van der Waals surface area contributed by atoms with Gasteiger partial charge in [0.1, 0.15) is 0 Å². The number of hydrogen-bond donors (Lipinski definition) is 2. The van der Waals surface area contributed by atoms with Crippen LogP contribution >= 0.6 is 0 Å². The van der Waals surface area contributed by atoms with Crippen molar-refractivity contribution in [1.29, 1.82) is 0 Å². The lowest BCUT2D eigenvalue weighted by Gasteiger charge is -2.14. The fourth-order valence-corrected chi connectivity index (χ4v) is 2.66. The summed E-state index contributed by atoms with van der Waals surface area (Å²) < 4.78 is 38.1. The molecule has 0 aliphatic carbocycles. The molecule has 2 aromatic carbocycles. The van der Waals surface area contributed by atoms with Crippen LogP contribution < -0.4 is 24.7 Å². The number of carbonyl (C=O) groups is 1. The number of primary sulfonamides is 1. The Hall–Kier alpha value is -2.78. The summed E-state index contributed by atoms with van der Waals surface area (Å²) >= 11 is 0. The fraction of sp³-hybridized carbons (Fsp3) is 0.188. The zero-order valence-electron chi connectivity index (χ0n) is 13.9. The standard InChI is InChI=1S/C16H18N2O6S/c1-22-13-8-10(9-14(23-2)15(13)24-3)16(19)18-11-4-6-12(7-5-11)25(17,20)21/h4-9H,1-3H3,(H,18,19)(H2,17,20,21). The number of methoxy groups -OCH3 is 3.